The van der Waals surface area contributed by atoms with E-state index >= 15 is 0 Å². The first kappa shape index (κ1) is 21.0. The second kappa shape index (κ2) is 8.59. The third-order valence-electron chi connectivity index (χ3n) is 5.42. The zero-order valence-corrected chi connectivity index (χ0v) is 16.6. The third kappa shape index (κ3) is 4.69. The minimum absolute atomic E-state index is 0. The van der Waals surface area contributed by atoms with E-state index in [9.17, 15) is 13.2 Å². The van der Waals surface area contributed by atoms with Crippen LogP contribution in [0, 0.1) is 5.41 Å². The number of halogens is 1. The van der Waals surface area contributed by atoms with Gasteiger partial charge in [0.15, 0.2) is 0 Å². The molecule has 0 atom stereocenters. The molecule has 3 rings (SSSR count). The molecule has 1 aliphatic carbocycles. The summed E-state index contributed by atoms with van der Waals surface area (Å²) in [7, 11) is -3.17. The average molecular weight is 402 g/mol. The maximum absolute atomic E-state index is 12.4. The van der Waals surface area contributed by atoms with E-state index in [-0.39, 0.29) is 29.5 Å². The van der Waals surface area contributed by atoms with Gasteiger partial charge in [-0.2, -0.15) is 0 Å². The van der Waals surface area contributed by atoms with Gasteiger partial charge in [-0.3, -0.25) is 9.10 Å². The minimum atomic E-state index is -3.17. The molecule has 1 amide bonds. The molecule has 1 aromatic rings. The Morgan fingerprint density at radius 2 is 1.77 bits per heavy atom. The van der Waals surface area contributed by atoms with Crippen LogP contribution in [0.5, 0.6) is 0 Å². The van der Waals surface area contributed by atoms with E-state index < -0.39 is 10.0 Å². The number of sulfonamides is 1. The molecule has 2 fully saturated rings. The van der Waals surface area contributed by atoms with Crippen molar-refractivity contribution < 1.29 is 13.2 Å². The van der Waals surface area contributed by atoms with Gasteiger partial charge in [-0.1, -0.05) is 19.3 Å². The highest BCUT2D eigenvalue weighted by molar-refractivity contribution is 7.93. The summed E-state index contributed by atoms with van der Waals surface area (Å²) in [4.78, 5) is 12.4. The molecule has 1 aliphatic heterocycles. The van der Waals surface area contributed by atoms with E-state index in [0.29, 0.717) is 37.3 Å². The lowest BCUT2D eigenvalue weighted by molar-refractivity contribution is -0.118. The molecule has 3 N–H and O–H groups in total. The second-order valence-electron chi connectivity index (χ2n) is 7.28. The van der Waals surface area contributed by atoms with Crippen molar-refractivity contribution in [2.24, 2.45) is 11.1 Å². The lowest BCUT2D eigenvalue weighted by Gasteiger charge is -2.35. The summed E-state index contributed by atoms with van der Waals surface area (Å²) >= 11 is 0. The molecule has 1 aromatic carbocycles. The van der Waals surface area contributed by atoms with Crippen molar-refractivity contribution in [3.63, 3.8) is 0 Å². The second-order valence-corrected chi connectivity index (χ2v) is 9.29. The van der Waals surface area contributed by atoms with Crippen LogP contribution >= 0.6 is 12.4 Å². The molecule has 2 aliphatic rings. The van der Waals surface area contributed by atoms with Crippen molar-refractivity contribution in [2.75, 3.05) is 28.5 Å². The Hall–Kier alpha value is -1.31. The number of nitrogens with zero attached hydrogens (tertiary/aromatic N) is 1. The lowest BCUT2D eigenvalue weighted by atomic mass is 9.71. The summed E-state index contributed by atoms with van der Waals surface area (Å²) in [5.74, 6) is 0.182. The van der Waals surface area contributed by atoms with Crippen molar-refractivity contribution in [3.8, 4) is 0 Å². The molecule has 26 heavy (non-hydrogen) atoms. The molecular weight excluding hydrogens is 374 g/mol. The van der Waals surface area contributed by atoms with Gasteiger partial charge in [-0.15, -0.1) is 12.4 Å². The Balaban J connectivity index is 0.00000243. The van der Waals surface area contributed by atoms with E-state index in [0.717, 1.165) is 25.7 Å². The van der Waals surface area contributed by atoms with Gasteiger partial charge in [0.25, 0.3) is 0 Å². The van der Waals surface area contributed by atoms with Crippen LogP contribution < -0.4 is 15.4 Å². The molecular formula is C18H28ClN3O3S. The van der Waals surface area contributed by atoms with Gasteiger partial charge in [0, 0.05) is 18.7 Å². The molecule has 1 heterocycles. The molecule has 6 nitrogen and oxygen atoms in total. The summed E-state index contributed by atoms with van der Waals surface area (Å²) in [5, 5.41) is 2.92. The number of nitrogens with two attached hydrogens (primary N) is 1. The monoisotopic (exact) mass is 401 g/mol. The molecule has 1 saturated carbocycles. The van der Waals surface area contributed by atoms with E-state index in [1.165, 1.54) is 10.7 Å². The van der Waals surface area contributed by atoms with Gasteiger partial charge < -0.3 is 11.1 Å². The molecule has 0 aromatic heterocycles. The molecule has 146 valence electrons. The third-order valence-corrected chi connectivity index (χ3v) is 7.29. The molecule has 0 spiro atoms. The minimum Gasteiger partial charge on any atom is -0.330 e. The molecule has 0 unspecified atom stereocenters. The Bertz CT molecular complexity index is 716. The summed E-state index contributed by atoms with van der Waals surface area (Å²) in [6, 6.07) is 7.02. The molecule has 8 heteroatoms. The highest BCUT2D eigenvalue weighted by atomic mass is 35.5. The number of carbonyl (C=O) groups excluding carboxylic acids is 1. The highest BCUT2D eigenvalue weighted by Gasteiger charge is 2.33. The zero-order valence-electron chi connectivity index (χ0n) is 14.9. The van der Waals surface area contributed by atoms with Crippen LogP contribution in [0.4, 0.5) is 11.4 Å². The Labute approximate surface area is 162 Å². The number of nitrogens with one attached hydrogen (secondary N) is 1. The van der Waals surface area contributed by atoms with Crippen LogP contribution in [-0.2, 0) is 14.8 Å². The van der Waals surface area contributed by atoms with E-state index in [1.54, 1.807) is 24.3 Å². The average Bonchev–Trinajstić information content (AvgIpc) is 2.95. The van der Waals surface area contributed by atoms with Gasteiger partial charge in [0.1, 0.15) is 0 Å². The van der Waals surface area contributed by atoms with Gasteiger partial charge in [-0.25, -0.2) is 8.42 Å². The summed E-state index contributed by atoms with van der Waals surface area (Å²) in [6.45, 7) is 1.07. The fraction of sp³-hybridized carbons (Fsp3) is 0.611. The fourth-order valence-electron chi connectivity index (χ4n) is 3.94. The van der Waals surface area contributed by atoms with E-state index in [2.05, 4.69) is 5.32 Å². The van der Waals surface area contributed by atoms with Crippen LogP contribution in [0.2, 0.25) is 0 Å². The number of rotatable bonds is 5. The Morgan fingerprint density at radius 1 is 1.12 bits per heavy atom. The predicted octanol–water partition coefficient (Wildman–Crippen LogP) is 2.89. The highest BCUT2D eigenvalue weighted by Crippen LogP contribution is 2.38. The number of hydrogen-bond donors (Lipinski definition) is 2. The van der Waals surface area contributed by atoms with Gasteiger partial charge in [0.05, 0.1) is 11.4 Å². The summed E-state index contributed by atoms with van der Waals surface area (Å²) < 4.78 is 25.4. The van der Waals surface area contributed by atoms with Gasteiger partial charge >= 0.3 is 0 Å². The van der Waals surface area contributed by atoms with Crippen LogP contribution in [0.1, 0.15) is 44.9 Å². The van der Waals surface area contributed by atoms with Crippen LogP contribution in [0.25, 0.3) is 0 Å². The first-order valence-corrected chi connectivity index (χ1v) is 10.7. The molecule has 0 radical (unpaired) electrons. The molecule has 0 bridgehead atoms. The molecule has 1 saturated heterocycles. The standard InChI is InChI=1S/C18H27N3O3S.ClH/c19-14-18(9-2-1-3-10-18)13-17(22)20-15-5-7-16(8-6-15)21-11-4-12-25(21,23)24;/h5-8H,1-4,9-14,19H2,(H,20,22);1H. The number of carbonyl (C=O) groups is 1. The zero-order chi connectivity index (χ0) is 17.9. The van der Waals surface area contributed by atoms with Gasteiger partial charge in [0.2, 0.25) is 15.9 Å². The topological polar surface area (TPSA) is 92.5 Å². The SMILES string of the molecule is Cl.NCC1(CC(=O)Nc2ccc(N3CCCS3(=O)=O)cc2)CCCCC1. The maximum Gasteiger partial charge on any atom is 0.235 e. The normalized spacial score (nSPS) is 21.0. The number of benzene rings is 1. The quantitative estimate of drug-likeness (QED) is 0.793. The smallest absolute Gasteiger partial charge is 0.235 e. The number of hydrogen-bond acceptors (Lipinski definition) is 4. The summed E-state index contributed by atoms with van der Waals surface area (Å²) in [5.41, 5.74) is 7.23. The van der Waals surface area contributed by atoms with Crippen LogP contribution in [-0.4, -0.2) is 33.2 Å². The van der Waals surface area contributed by atoms with Gasteiger partial charge in [-0.05, 0) is 55.5 Å². The first-order chi connectivity index (χ1) is 11.9. The predicted molar refractivity (Wildman–Crippen MR) is 107 cm³/mol. The lowest BCUT2D eigenvalue weighted by Crippen LogP contribution is -2.36. The van der Waals surface area contributed by atoms with Crippen LogP contribution in [0.15, 0.2) is 24.3 Å². The number of amides is 1. The Morgan fingerprint density at radius 3 is 2.31 bits per heavy atom. The van der Waals surface area contributed by atoms with Crippen molar-refractivity contribution in [3.05, 3.63) is 24.3 Å². The largest absolute Gasteiger partial charge is 0.330 e. The van der Waals surface area contributed by atoms with Crippen LogP contribution in [0.3, 0.4) is 0 Å². The number of anilines is 2. The maximum atomic E-state index is 12.4. The summed E-state index contributed by atoms with van der Waals surface area (Å²) in [6.07, 6.45) is 6.65. The Kier molecular flexibility index (Phi) is 6.93. The van der Waals surface area contributed by atoms with Crippen molar-refractivity contribution in [1.29, 1.82) is 0 Å². The van der Waals surface area contributed by atoms with Crippen molar-refractivity contribution in [1.82, 2.24) is 0 Å². The fourth-order valence-corrected chi connectivity index (χ4v) is 5.51. The van der Waals surface area contributed by atoms with Crippen molar-refractivity contribution >= 4 is 39.7 Å². The van der Waals surface area contributed by atoms with Crippen molar-refractivity contribution in [2.45, 2.75) is 44.9 Å². The first-order valence-electron chi connectivity index (χ1n) is 9.05. The van der Waals surface area contributed by atoms with E-state index in [4.69, 9.17) is 5.73 Å². The van der Waals surface area contributed by atoms with E-state index in [1.807, 2.05) is 0 Å².